The highest BCUT2D eigenvalue weighted by Crippen LogP contribution is 2.19. The van der Waals surface area contributed by atoms with Crippen LogP contribution in [0.4, 0.5) is 0 Å². The second-order valence-corrected chi connectivity index (χ2v) is 4.91. The van der Waals surface area contributed by atoms with Gasteiger partial charge in [-0.2, -0.15) is 5.10 Å². The zero-order chi connectivity index (χ0) is 13.3. The van der Waals surface area contributed by atoms with Crippen molar-refractivity contribution in [3.63, 3.8) is 0 Å². The molecule has 1 aromatic carbocycles. The summed E-state index contributed by atoms with van der Waals surface area (Å²) in [6.07, 6.45) is -0.512. The lowest BCUT2D eigenvalue weighted by molar-refractivity contribution is 0.150. The SMILES string of the molecule is Cc1cccc(C(O)Cn2nc(C)c(C)c2C)c1. The quantitative estimate of drug-likeness (QED) is 0.901. The topological polar surface area (TPSA) is 38.0 Å². The maximum atomic E-state index is 10.3. The molecule has 0 saturated heterocycles. The minimum absolute atomic E-state index is 0.504. The zero-order valence-corrected chi connectivity index (χ0v) is 11.4. The van der Waals surface area contributed by atoms with Gasteiger partial charge >= 0.3 is 0 Å². The number of aliphatic hydroxyl groups excluding tert-OH is 1. The molecular formula is C15H20N2O. The van der Waals surface area contributed by atoms with Gasteiger partial charge in [0, 0.05) is 5.69 Å². The standard InChI is InChI=1S/C15H20N2O/c1-10-6-5-7-14(8-10)15(18)9-17-13(4)11(2)12(3)16-17/h5-8,15,18H,9H2,1-4H3. The van der Waals surface area contributed by atoms with E-state index in [1.54, 1.807) is 0 Å². The summed E-state index contributed by atoms with van der Waals surface area (Å²) in [6, 6.07) is 7.98. The van der Waals surface area contributed by atoms with E-state index in [9.17, 15) is 5.11 Å². The molecule has 1 aromatic heterocycles. The molecule has 18 heavy (non-hydrogen) atoms. The van der Waals surface area contributed by atoms with Crippen LogP contribution in [0, 0.1) is 27.7 Å². The molecule has 0 amide bonds. The highest BCUT2D eigenvalue weighted by atomic mass is 16.3. The summed E-state index contributed by atoms with van der Waals surface area (Å²) in [5.74, 6) is 0. The molecule has 0 aliphatic heterocycles. The highest BCUT2D eigenvalue weighted by molar-refractivity contribution is 5.25. The van der Waals surface area contributed by atoms with Crippen molar-refractivity contribution in [1.29, 1.82) is 0 Å². The summed E-state index contributed by atoms with van der Waals surface area (Å²) >= 11 is 0. The number of aliphatic hydroxyl groups is 1. The molecule has 2 rings (SSSR count). The molecule has 1 heterocycles. The van der Waals surface area contributed by atoms with Crippen molar-refractivity contribution in [1.82, 2.24) is 9.78 Å². The number of rotatable bonds is 3. The van der Waals surface area contributed by atoms with Crippen LogP contribution in [0.25, 0.3) is 0 Å². The molecule has 0 aliphatic carbocycles. The van der Waals surface area contributed by atoms with E-state index in [1.807, 2.05) is 49.7 Å². The largest absolute Gasteiger partial charge is 0.386 e. The van der Waals surface area contributed by atoms with Crippen LogP contribution in [0.1, 0.15) is 34.2 Å². The molecule has 0 saturated carbocycles. The van der Waals surface area contributed by atoms with E-state index in [0.717, 1.165) is 22.5 Å². The predicted octanol–water partition coefficient (Wildman–Crippen LogP) is 2.85. The van der Waals surface area contributed by atoms with Gasteiger partial charge in [0.1, 0.15) is 0 Å². The Bertz CT molecular complexity index is 558. The lowest BCUT2D eigenvalue weighted by Crippen LogP contribution is -2.11. The molecule has 2 aromatic rings. The molecule has 0 fully saturated rings. The summed E-state index contributed by atoms with van der Waals surface area (Å²) in [5, 5.41) is 14.7. The Labute approximate surface area is 108 Å². The van der Waals surface area contributed by atoms with Gasteiger partial charge in [-0.1, -0.05) is 29.8 Å². The number of aromatic nitrogens is 2. The Morgan fingerprint density at radius 3 is 2.50 bits per heavy atom. The smallest absolute Gasteiger partial charge is 0.0986 e. The van der Waals surface area contributed by atoms with Gasteiger partial charge in [0.25, 0.3) is 0 Å². The third-order valence-corrected chi connectivity index (χ3v) is 3.52. The fourth-order valence-electron chi connectivity index (χ4n) is 2.11. The van der Waals surface area contributed by atoms with Crippen LogP contribution in [0.15, 0.2) is 24.3 Å². The van der Waals surface area contributed by atoms with Crippen LogP contribution >= 0.6 is 0 Å². The third-order valence-electron chi connectivity index (χ3n) is 3.52. The average Bonchev–Trinajstić information content (AvgIpc) is 2.57. The van der Waals surface area contributed by atoms with Crippen molar-refractivity contribution in [3.05, 3.63) is 52.3 Å². The lowest BCUT2D eigenvalue weighted by Gasteiger charge is -2.13. The average molecular weight is 244 g/mol. The number of hydrogen-bond acceptors (Lipinski definition) is 2. The first-order valence-electron chi connectivity index (χ1n) is 6.24. The molecular weight excluding hydrogens is 224 g/mol. The number of nitrogens with zero attached hydrogens (tertiary/aromatic N) is 2. The normalized spacial score (nSPS) is 12.7. The zero-order valence-electron chi connectivity index (χ0n) is 11.4. The fourth-order valence-corrected chi connectivity index (χ4v) is 2.11. The summed E-state index contributed by atoms with van der Waals surface area (Å²) in [5.41, 5.74) is 5.46. The summed E-state index contributed by atoms with van der Waals surface area (Å²) in [7, 11) is 0. The van der Waals surface area contributed by atoms with Crippen LogP contribution in [0.5, 0.6) is 0 Å². The van der Waals surface area contributed by atoms with Crippen LogP contribution in [0.3, 0.4) is 0 Å². The maximum absolute atomic E-state index is 10.3. The Kier molecular flexibility index (Phi) is 3.53. The monoisotopic (exact) mass is 244 g/mol. The Hall–Kier alpha value is -1.61. The van der Waals surface area contributed by atoms with E-state index < -0.39 is 6.10 Å². The molecule has 0 aliphatic rings. The van der Waals surface area contributed by atoms with Gasteiger partial charge in [0.15, 0.2) is 0 Å². The molecule has 1 unspecified atom stereocenters. The van der Waals surface area contributed by atoms with Crippen molar-refractivity contribution in [2.75, 3.05) is 0 Å². The van der Waals surface area contributed by atoms with E-state index in [4.69, 9.17) is 0 Å². The van der Waals surface area contributed by atoms with Gasteiger partial charge in [-0.3, -0.25) is 4.68 Å². The number of benzene rings is 1. The summed E-state index contributed by atoms with van der Waals surface area (Å²) in [6.45, 7) is 8.64. The maximum Gasteiger partial charge on any atom is 0.0986 e. The van der Waals surface area contributed by atoms with Crippen LogP contribution in [-0.4, -0.2) is 14.9 Å². The molecule has 3 heteroatoms. The highest BCUT2D eigenvalue weighted by Gasteiger charge is 2.13. The van der Waals surface area contributed by atoms with Crippen molar-refractivity contribution < 1.29 is 5.11 Å². The molecule has 3 nitrogen and oxygen atoms in total. The van der Waals surface area contributed by atoms with Gasteiger partial charge < -0.3 is 5.11 Å². The number of aryl methyl sites for hydroxylation is 2. The first-order valence-corrected chi connectivity index (χ1v) is 6.24. The van der Waals surface area contributed by atoms with E-state index in [-0.39, 0.29) is 0 Å². The molecule has 0 radical (unpaired) electrons. The molecule has 1 atom stereocenters. The minimum Gasteiger partial charge on any atom is -0.386 e. The van der Waals surface area contributed by atoms with E-state index in [0.29, 0.717) is 6.54 Å². The van der Waals surface area contributed by atoms with E-state index in [1.165, 1.54) is 5.56 Å². The van der Waals surface area contributed by atoms with Crippen molar-refractivity contribution in [2.45, 2.75) is 40.3 Å². The van der Waals surface area contributed by atoms with E-state index in [2.05, 4.69) is 12.0 Å². The molecule has 0 spiro atoms. The molecule has 0 bridgehead atoms. The molecule has 1 N–H and O–H groups in total. The Morgan fingerprint density at radius 1 is 1.22 bits per heavy atom. The molecule has 96 valence electrons. The van der Waals surface area contributed by atoms with Gasteiger partial charge in [-0.25, -0.2) is 0 Å². The second kappa shape index (κ2) is 4.94. The van der Waals surface area contributed by atoms with Crippen molar-refractivity contribution >= 4 is 0 Å². The Balaban J connectivity index is 2.21. The fraction of sp³-hybridized carbons (Fsp3) is 0.400. The second-order valence-electron chi connectivity index (χ2n) is 4.91. The van der Waals surface area contributed by atoms with Crippen molar-refractivity contribution in [3.8, 4) is 0 Å². The Morgan fingerprint density at radius 2 is 1.94 bits per heavy atom. The van der Waals surface area contributed by atoms with Crippen LogP contribution in [0.2, 0.25) is 0 Å². The first-order chi connectivity index (χ1) is 8.49. The van der Waals surface area contributed by atoms with Gasteiger partial charge in [0.05, 0.1) is 18.3 Å². The van der Waals surface area contributed by atoms with Crippen molar-refractivity contribution in [2.24, 2.45) is 0 Å². The van der Waals surface area contributed by atoms with Crippen LogP contribution < -0.4 is 0 Å². The minimum atomic E-state index is -0.512. The lowest BCUT2D eigenvalue weighted by atomic mass is 10.1. The van der Waals surface area contributed by atoms with Crippen LogP contribution in [-0.2, 0) is 6.54 Å². The van der Waals surface area contributed by atoms with E-state index >= 15 is 0 Å². The number of hydrogen-bond donors (Lipinski definition) is 1. The van der Waals surface area contributed by atoms with Gasteiger partial charge in [0.2, 0.25) is 0 Å². The summed E-state index contributed by atoms with van der Waals surface area (Å²) in [4.78, 5) is 0. The summed E-state index contributed by atoms with van der Waals surface area (Å²) < 4.78 is 1.89. The van der Waals surface area contributed by atoms with Gasteiger partial charge in [-0.15, -0.1) is 0 Å². The van der Waals surface area contributed by atoms with Gasteiger partial charge in [-0.05, 0) is 38.8 Å². The first kappa shape index (κ1) is 12.8. The third kappa shape index (κ3) is 2.46. The predicted molar refractivity (Wildman–Crippen MR) is 72.6 cm³/mol.